The number of benzene rings is 1. The number of hydrogen-bond donors (Lipinski definition) is 1. The van der Waals surface area contributed by atoms with Gasteiger partial charge in [0.1, 0.15) is 17.3 Å². The highest BCUT2D eigenvalue weighted by atomic mass is 35.7. The molecule has 0 fully saturated rings. The topological polar surface area (TPSA) is 54.4 Å². The Morgan fingerprint density at radius 1 is 1.46 bits per heavy atom. The molecule has 13 heavy (non-hydrogen) atoms. The summed E-state index contributed by atoms with van der Waals surface area (Å²) in [4.78, 5) is -0.468. The van der Waals surface area contributed by atoms with Crippen LogP contribution in [-0.2, 0) is 15.7 Å². The molecule has 1 aromatic rings. The van der Waals surface area contributed by atoms with Crippen molar-refractivity contribution in [1.29, 1.82) is 0 Å². The van der Waals surface area contributed by atoms with Gasteiger partial charge >= 0.3 is 0 Å². The average Bonchev–Trinajstić information content (AvgIpc) is 2.03. The molecule has 0 amide bonds. The van der Waals surface area contributed by atoms with Crippen LogP contribution in [0.4, 0.5) is 4.39 Å². The first-order chi connectivity index (χ1) is 5.95. The van der Waals surface area contributed by atoms with Gasteiger partial charge in [-0.1, -0.05) is 6.07 Å². The maximum atomic E-state index is 12.1. The van der Waals surface area contributed by atoms with Gasteiger partial charge in [-0.3, -0.25) is 0 Å². The summed E-state index contributed by atoms with van der Waals surface area (Å²) < 4.78 is 33.7. The van der Waals surface area contributed by atoms with Crippen LogP contribution in [0.5, 0.6) is 5.75 Å². The van der Waals surface area contributed by atoms with Crippen LogP contribution in [0, 0.1) is 0 Å². The molecule has 0 aliphatic carbocycles. The molecule has 72 valence electrons. The summed E-state index contributed by atoms with van der Waals surface area (Å²) >= 11 is 0. The Bertz CT molecular complexity index is 416. The van der Waals surface area contributed by atoms with E-state index < -0.39 is 26.4 Å². The van der Waals surface area contributed by atoms with Crippen molar-refractivity contribution in [1.82, 2.24) is 0 Å². The van der Waals surface area contributed by atoms with Crippen LogP contribution >= 0.6 is 10.7 Å². The molecule has 0 saturated heterocycles. The summed E-state index contributed by atoms with van der Waals surface area (Å²) in [5.74, 6) is -0.479. The van der Waals surface area contributed by atoms with Crippen LogP contribution in [0.2, 0.25) is 0 Å². The average molecular weight is 225 g/mol. The predicted octanol–water partition coefficient (Wildman–Crippen LogP) is 1.79. The third-order valence-corrected chi connectivity index (χ3v) is 2.79. The standard InChI is InChI=1S/C7H6ClFO3S/c8-13(11,12)7-3-5(4-9)1-2-6(7)10/h1-3,10H,4H2. The second-order valence-electron chi connectivity index (χ2n) is 2.37. The Labute approximate surface area is 79.2 Å². The van der Waals surface area contributed by atoms with Gasteiger partial charge in [-0.25, -0.2) is 12.8 Å². The van der Waals surface area contributed by atoms with Crippen LogP contribution in [0.15, 0.2) is 23.1 Å². The van der Waals surface area contributed by atoms with Crippen molar-refractivity contribution in [2.45, 2.75) is 11.6 Å². The first-order valence-electron chi connectivity index (χ1n) is 3.27. The molecule has 0 spiro atoms. The van der Waals surface area contributed by atoms with Crippen molar-refractivity contribution in [2.24, 2.45) is 0 Å². The number of hydrogen-bond acceptors (Lipinski definition) is 3. The van der Waals surface area contributed by atoms with Crippen molar-refractivity contribution in [3.05, 3.63) is 23.8 Å². The highest BCUT2D eigenvalue weighted by Gasteiger charge is 2.15. The Hall–Kier alpha value is -0.810. The lowest BCUT2D eigenvalue weighted by Gasteiger charge is -2.01. The van der Waals surface area contributed by atoms with Gasteiger partial charge in [-0.2, -0.15) is 0 Å². The van der Waals surface area contributed by atoms with E-state index in [0.29, 0.717) is 0 Å². The van der Waals surface area contributed by atoms with E-state index in [4.69, 9.17) is 15.8 Å². The van der Waals surface area contributed by atoms with Crippen molar-refractivity contribution < 1.29 is 17.9 Å². The maximum absolute atomic E-state index is 12.1. The molecular formula is C7H6ClFO3S. The predicted molar refractivity (Wildman–Crippen MR) is 46.0 cm³/mol. The van der Waals surface area contributed by atoms with E-state index in [-0.39, 0.29) is 5.56 Å². The van der Waals surface area contributed by atoms with Crippen LogP contribution in [0.1, 0.15) is 5.56 Å². The van der Waals surface area contributed by atoms with E-state index in [1.165, 1.54) is 6.07 Å². The molecule has 0 radical (unpaired) electrons. The van der Waals surface area contributed by atoms with Crippen molar-refractivity contribution in [3.63, 3.8) is 0 Å². The lowest BCUT2D eigenvalue weighted by molar-refractivity contribution is 0.455. The van der Waals surface area contributed by atoms with Gasteiger partial charge in [-0.15, -0.1) is 0 Å². The van der Waals surface area contributed by atoms with Crippen LogP contribution < -0.4 is 0 Å². The smallest absolute Gasteiger partial charge is 0.264 e. The quantitative estimate of drug-likeness (QED) is 0.780. The third kappa shape index (κ3) is 2.32. The number of halogens is 2. The first kappa shape index (κ1) is 10.3. The van der Waals surface area contributed by atoms with Crippen LogP contribution in [0.3, 0.4) is 0 Å². The summed E-state index contributed by atoms with van der Waals surface area (Å²) in [6.45, 7) is -0.806. The van der Waals surface area contributed by atoms with Crippen molar-refractivity contribution >= 4 is 19.7 Å². The maximum Gasteiger partial charge on any atom is 0.264 e. The molecule has 3 nitrogen and oxygen atoms in total. The van der Waals surface area contributed by atoms with Crippen molar-refractivity contribution in [2.75, 3.05) is 0 Å². The van der Waals surface area contributed by atoms with Gasteiger partial charge in [0, 0.05) is 10.7 Å². The second kappa shape index (κ2) is 3.51. The fourth-order valence-electron chi connectivity index (χ4n) is 0.837. The van der Waals surface area contributed by atoms with Gasteiger partial charge in [0.15, 0.2) is 0 Å². The molecule has 1 N–H and O–H groups in total. The molecule has 1 rings (SSSR count). The van der Waals surface area contributed by atoms with E-state index >= 15 is 0 Å². The summed E-state index contributed by atoms with van der Waals surface area (Å²) in [5, 5.41) is 9.08. The second-order valence-corrected chi connectivity index (χ2v) is 4.91. The third-order valence-electron chi connectivity index (χ3n) is 1.44. The number of rotatable bonds is 2. The molecule has 0 saturated carbocycles. The minimum atomic E-state index is -4.01. The summed E-state index contributed by atoms with van der Waals surface area (Å²) in [7, 11) is 0.972. The largest absolute Gasteiger partial charge is 0.507 e. The molecule has 0 aliphatic rings. The molecule has 0 aromatic heterocycles. The van der Waals surface area contributed by atoms with Gasteiger partial charge in [0.2, 0.25) is 0 Å². The lowest BCUT2D eigenvalue weighted by atomic mass is 10.2. The first-order valence-corrected chi connectivity index (χ1v) is 5.58. The van der Waals surface area contributed by atoms with Gasteiger partial charge < -0.3 is 5.11 Å². The Morgan fingerprint density at radius 2 is 2.08 bits per heavy atom. The zero-order valence-corrected chi connectivity index (χ0v) is 7.94. The molecule has 0 aliphatic heterocycles. The van der Waals surface area contributed by atoms with Gasteiger partial charge in [-0.05, 0) is 17.7 Å². The molecule has 1 aromatic carbocycles. The van der Waals surface area contributed by atoms with Crippen LogP contribution in [0.25, 0.3) is 0 Å². The number of aromatic hydroxyl groups is 1. The normalized spacial score (nSPS) is 11.5. The highest BCUT2D eigenvalue weighted by molar-refractivity contribution is 8.13. The molecule has 0 heterocycles. The number of phenolic OH excluding ortho intramolecular Hbond substituents is 1. The Balaban J connectivity index is 3.36. The summed E-state index contributed by atoms with van der Waals surface area (Å²) in [6.07, 6.45) is 0. The number of alkyl halides is 1. The van der Waals surface area contributed by atoms with Crippen LogP contribution in [-0.4, -0.2) is 13.5 Å². The Morgan fingerprint density at radius 3 is 2.54 bits per heavy atom. The van der Waals surface area contributed by atoms with E-state index in [1.807, 2.05) is 0 Å². The fourth-order valence-corrected chi connectivity index (χ4v) is 1.82. The minimum absolute atomic E-state index is 0.150. The van der Waals surface area contributed by atoms with Gasteiger partial charge in [0.25, 0.3) is 9.05 Å². The van der Waals surface area contributed by atoms with E-state index in [2.05, 4.69) is 0 Å². The summed E-state index contributed by atoms with van der Waals surface area (Å²) in [6, 6.07) is 3.36. The molecule has 6 heteroatoms. The molecule has 0 unspecified atom stereocenters. The van der Waals surface area contributed by atoms with Gasteiger partial charge in [0.05, 0.1) is 0 Å². The SMILES string of the molecule is O=S(=O)(Cl)c1cc(CF)ccc1O. The van der Waals surface area contributed by atoms with E-state index in [9.17, 15) is 12.8 Å². The fraction of sp³-hybridized carbons (Fsp3) is 0.143. The number of phenols is 1. The molecular weight excluding hydrogens is 219 g/mol. The zero-order valence-electron chi connectivity index (χ0n) is 6.37. The monoisotopic (exact) mass is 224 g/mol. The highest BCUT2D eigenvalue weighted by Crippen LogP contribution is 2.26. The zero-order chi connectivity index (χ0) is 10.1. The Kier molecular flexibility index (Phi) is 2.77. The van der Waals surface area contributed by atoms with E-state index in [1.54, 1.807) is 0 Å². The summed E-state index contributed by atoms with van der Waals surface area (Å²) in [5.41, 5.74) is 0.150. The lowest BCUT2D eigenvalue weighted by Crippen LogP contribution is -1.92. The molecule has 0 atom stereocenters. The van der Waals surface area contributed by atoms with E-state index in [0.717, 1.165) is 12.1 Å². The van der Waals surface area contributed by atoms with Crippen molar-refractivity contribution in [3.8, 4) is 5.75 Å². The minimum Gasteiger partial charge on any atom is -0.507 e. The molecule has 0 bridgehead atoms.